The third-order valence-corrected chi connectivity index (χ3v) is 12.8. The molecule has 1 aromatic heterocycles. The molecule has 2 saturated heterocycles. The van der Waals surface area contributed by atoms with E-state index in [1.165, 1.54) is 48.5 Å². The van der Waals surface area contributed by atoms with E-state index in [-0.39, 0.29) is 43.7 Å². The fourth-order valence-electron chi connectivity index (χ4n) is 7.81. The predicted octanol–water partition coefficient (Wildman–Crippen LogP) is 0.787. The summed E-state index contributed by atoms with van der Waals surface area (Å²) in [6.45, 7) is 5.53. The zero-order valence-corrected chi connectivity index (χ0v) is 37.8. The number of allylic oxidation sites excluding steroid dienone is 2. The summed E-state index contributed by atoms with van der Waals surface area (Å²) in [5.74, 6) is -6.52. The Bertz CT molecular complexity index is 2260. The van der Waals surface area contributed by atoms with Crippen molar-refractivity contribution in [3.63, 3.8) is 0 Å². The summed E-state index contributed by atoms with van der Waals surface area (Å²) < 4.78 is 46.7. The highest BCUT2D eigenvalue weighted by Gasteiger charge is 2.43. The van der Waals surface area contributed by atoms with Gasteiger partial charge in [0.1, 0.15) is 41.5 Å². The number of aromatic hydroxyl groups is 1. The van der Waals surface area contributed by atoms with Crippen molar-refractivity contribution < 1.29 is 61.1 Å². The lowest BCUT2D eigenvalue weighted by molar-refractivity contribution is -0.149. The van der Waals surface area contributed by atoms with E-state index in [2.05, 4.69) is 16.0 Å². The highest BCUT2D eigenvalue weighted by molar-refractivity contribution is 7.83. The molecule has 1 aromatic carbocycles. The number of ketones is 1. The van der Waals surface area contributed by atoms with Crippen molar-refractivity contribution in [2.24, 2.45) is 5.92 Å². The maximum atomic E-state index is 14.5. The van der Waals surface area contributed by atoms with Crippen LogP contribution in [-0.2, 0) is 59.8 Å². The smallest absolute Gasteiger partial charge is 0.333 e. The van der Waals surface area contributed by atoms with E-state index >= 15 is 0 Å². The molecule has 0 unspecified atom stereocenters. The Labute approximate surface area is 375 Å². The molecule has 4 heterocycles. The quantitative estimate of drug-likeness (QED) is 0.118. The number of fused-ring (bicyclic) bond motifs is 3. The van der Waals surface area contributed by atoms with Crippen molar-refractivity contribution in [3.05, 3.63) is 63.1 Å². The molecule has 0 spiro atoms. The number of esters is 1. The van der Waals surface area contributed by atoms with Crippen molar-refractivity contribution in [2.75, 3.05) is 33.4 Å². The van der Waals surface area contributed by atoms with Crippen LogP contribution in [0.2, 0.25) is 0 Å². The number of carbonyl (C=O) groups excluding carboxylic acids is 7. The van der Waals surface area contributed by atoms with E-state index in [1.54, 1.807) is 49.1 Å². The molecule has 2 fully saturated rings. The van der Waals surface area contributed by atoms with Gasteiger partial charge in [0, 0.05) is 31.2 Å². The second-order valence-electron chi connectivity index (χ2n) is 16.1. The third-order valence-electron chi connectivity index (χ3n) is 11.3. The maximum Gasteiger partial charge on any atom is 0.333 e. The Kier molecular flexibility index (Phi) is 16.9. The first kappa shape index (κ1) is 49.5. The van der Waals surface area contributed by atoms with Gasteiger partial charge in [0.15, 0.2) is 10.3 Å². The third kappa shape index (κ3) is 12.8. The number of likely N-dealkylation sites (tertiary alicyclic amines) is 1. The number of ether oxygens (including phenoxy) is 2. The summed E-state index contributed by atoms with van der Waals surface area (Å²) in [5, 5.41) is 20.2. The number of hydrogen-bond acceptors (Lipinski definition) is 15. The van der Waals surface area contributed by atoms with E-state index in [0.29, 0.717) is 35.5 Å². The highest BCUT2D eigenvalue weighted by Crippen LogP contribution is 2.27. The van der Waals surface area contributed by atoms with Gasteiger partial charge in [-0.05, 0) is 87.3 Å². The van der Waals surface area contributed by atoms with E-state index in [0.717, 1.165) is 10.5 Å². The molecule has 0 saturated carbocycles. The zero-order valence-electron chi connectivity index (χ0n) is 36.2. The molecule has 0 aliphatic carbocycles. The van der Waals surface area contributed by atoms with Crippen LogP contribution in [0.15, 0.2) is 46.9 Å². The van der Waals surface area contributed by atoms with Crippen LogP contribution in [-0.4, -0.2) is 138 Å². The number of benzene rings is 1. The van der Waals surface area contributed by atoms with Crippen LogP contribution in [0.4, 0.5) is 0 Å². The maximum absolute atomic E-state index is 14.5. The zero-order chi connectivity index (χ0) is 46.9. The molecule has 3 aliphatic heterocycles. The lowest BCUT2D eigenvalue weighted by atomic mass is 9.94. The van der Waals surface area contributed by atoms with Gasteiger partial charge in [-0.25, -0.2) is 22.9 Å². The molecular weight excluding hydrogens is 875 g/mol. The number of aromatic nitrogens is 1. The Morgan fingerprint density at radius 1 is 1.06 bits per heavy atom. The summed E-state index contributed by atoms with van der Waals surface area (Å²) in [4.78, 5) is 104. The number of nitrogens with one attached hydrogen (secondary N) is 4. The van der Waals surface area contributed by atoms with E-state index < -0.39 is 107 Å². The normalized spacial score (nSPS) is 25.7. The Morgan fingerprint density at radius 2 is 1.77 bits per heavy atom. The first-order valence-corrected chi connectivity index (χ1v) is 23.1. The van der Waals surface area contributed by atoms with Gasteiger partial charge < -0.3 is 44.9 Å². The van der Waals surface area contributed by atoms with Crippen molar-refractivity contribution in [1.82, 2.24) is 35.5 Å². The summed E-state index contributed by atoms with van der Waals surface area (Å²) in [7, 11) is -3.92. The molecule has 2 bridgehead atoms. The number of thiazole rings is 1. The van der Waals surface area contributed by atoms with Gasteiger partial charge in [-0.15, -0.1) is 11.3 Å². The number of hydrogen-bond donors (Lipinski definition) is 5. The topological polar surface area (TPSA) is 283 Å². The fraction of sp³-hybridized carbons (Fsp3) is 0.524. The summed E-state index contributed by atoms with van der Waals surface area (Å²) >= 11 is 1.23. The molecule has 64 heavy (non-hydrogen) atoms. The van der Waals surface area contributed by atoms with Gasteiger partial charge >= 0.3 is 5.97 Å². The number of rotatable bonds is 11. The second kappa shape index (κ2) is 21.9. The highest BCUT2D eigenvalue weighted by atomic mass is 32.2. The molecule has 5 amide bonds. The lowest BCUT2D eigenvalue weighted by Crippen LogP contribution is -2.60. The van der Waals surface area contributed by atoms with Crippen molar-refractivity contribution >= 4 is 69.0 Å². The van der Waals surface area contributed by atoms with Gasteiger partial charge in [0.25, 0.3) is 5.91 Å². The second-order valence-corrected chi connectivity index (χ2v) is 18.1. The van der Waals surface area contributed by atoms with Crippen LogP contribution in [0.5, 0.6) is 5.75 Å². The number of Topliss-reactive ketones (excluding diaryl/α,β-unsaturated/α-hetero) is 1. The summed E-state index contributed by atoms with van der Waals surface area (Å²) in [5.41, 5.74) is 1.90. The van der Waals surface area contributed by atoms with E-state index in [1.807, 2.05) is 0 Å². The van der Waals surface area contributed by atoms with Crippen LogP contribution < -0.4 is 20.7 Å². The number of carbonyl (C=O) groups is 7. The van der Waals surface area contributed by atoms with Crippen molar-refractivity contribution in [1.29, 1.82) is 0 Å². The first-order chi connectivity index (χ1) is 30.3. The first-order valence-electron chi connectivity index (χ1n) is 20.9. The summed E-state index contributed by atoms with van der Waals surface area (Å²) in [6.07, 6.45) is 4.70. The Balaban J connectivity index is 1.48. The molecule has 22 heteroatoms. The van der Waals surface area contributed by atoms with Crippen LogP contribution >= 0.6 is 11.3 Å². The minimum Gasteiger partial charge on any atom is -0.735 e. The molecule has 5 N–H and O–H groups in total. The largest absolute Gasteiger partial charge is 0.735 e. The number of phenolic OH excluding ortho intramolecular Hbond substituents is 1. The average Bonchev–Trinajstić information content (AvgIpc) is 4.05. The number of phenols is 1. The molecule has 2 aromatic rings. The molecule has 5 rings (SSSR count). The van der Waals surface area contributed by atoms with Crippen LogP contribution in [0.25, 0.3) is 6.08 Å². The van der Waals surface area contributed by atoms with Crippen LogP contribution in [0.1, 0.15) is 82.1 Å². The molecule has 20 nitrogen and oxygen atoms in total. The van der Waals surface area contributed by atoms with Crippen molar-refractivity contribution in [2.45, 2.75) is 102 Å². The monoisotopic (exact) mass is 928 g/mol. The van der Waals surface area contributed by atoms with Gasteiger partial charge in [0.05, 0.1) is 24.4 Å². The molecular formula is C42H54N7O13S2-. The van der Waals surface area contributed by atoms with E-state index in [9.17, 15) is 51.6 Å². The summed E-state index contributed by atoms with van der Waals surface area (Å²) in [6, 6.07) is -1.39. The minimum atomic E-state index is -5.11. The SMILES string of the molecule is CC[C@@H](C)[C@@H]1NC(=O)[C@@H]2CCCN2C(=O)[C@@H](NC(=O)[C@@H]2CCCN2C(=O)[C@@H](COC)NS(=O)(=O)[O-])COC(=O)/C(C)=C\C(C)=C\c2csc(n2)[C@H](Cc2ccc(O)cc2)NC(=O)C1=O. The number of amides is 5. The number of nitrogens with zero attached hydrogens (tertiary/aromatic N) is 3. The minimum absolute atomic E-state index is 0.00588. The Morgan fingerprint density at radius 3 is 2.44 bits per heavy atom. The standard InChI is InChI=1S/C42H55N7O13S2/c1-6-24(3)34-35(51)38(54)44-29(19-26-11-13-28(50)14-12-26)39-43-27(22-63-39)18-23(2)17-25(4)42(57)62-21-30(40(55)48-15-8-10-33(48)37(53)46-34)45-36(52)32-9-7-16-49(32)41(56)31(20-61-5)47-64(58,59)60/h11-14,17-18,22,24,29-34,47,50H,6-10,15-16,19-21H2,1-5H3,(H,44,54)(H,45,52)(H,46,53)(H,58,59,60)/p-1/b23-18+,25-17-/t24-,29+,30+,31-,32+,33+,34+/m1/s1. The van der Waals surface area contributed by atoms with Gasteiger partial charge in [0.2, 0.25) is 29.4 Å². The molecule has 3 aliphatic rings. The molecule has 0 radical (unpaired) electrons. The van der Waals surface area contributed by atoms with Gasteiger partial charge in [-0.1, -0.05) is 32.4 Å². The lowest BCUT2D eigenvalue weighted by Gasteiger charge is -2.32. The average molecular weight is 929 g/mol. The van der Waals surface area contributed by atoms with Crippen LogP contribution in [0.3, 0.4) is 0 Å². The molecule has 348 valence electrons. The fourth-order valence-corrected chi connectivity index (χ4v) is 9.15. The molecule has 7 atom stereocenters. The predicted molar refractivity (Wildman–Crippen MR) is 229 cm³/mol. The Hall–Kier alpha value is -5.55. The van der Waals surface area contributed by atoms with Crippen molar-refractivity contribution in [3.8, 4) is 5.75 Å². The number of cyclic esters (lactones) is 1. The van der Waals surface area contributed by atoms with Crippen LogP contribution in [0, 0.1) is 5.92 Å². The van der Waals surface area contributed by atoms with Gasteiger partial charge in [-0.2, -0.15) is 0 Å². The number of methoxy groups -OCH3 is 1. The van der Waals surface area contributed by atoms with Gasteiger partial charge in [-0.3, -0.25) is 28.8 Å². The van der Waals surface area contributed by atoms with E-state index in [4.69, 9.17) is 14.5 Å².